The Kier molecular flexibility index (Phi) is 7.30. The van der Waals surface area contributed by atoms with Gasteiger partial charge in [-0.15, -0.1) is 0 Å². The van der Waals surface area contributed by atoms with Crippen LogP contribution in [0.1, 0.15) is 75.9 Å². The maximum Gasteiger partial charge on any atom is 0.286 e. The standard InChI is InChI=1S/2C10H13F2N/c1-7(2)9-5-4-8(6-13-9)10(3,11)12;1-7(2)8-4-5-9(13-6-8)10(3,11)12/h2*4-7H,1-3H3. The van der Waals surface area contributed by atoms with E-state index in [9.17, 15) is 17.6 Å². The van der Waals surface area contributed by atoms with E-state index in [2.05, 4.69) is 9.97 Å². The van der Waals surface area contributed by atoms with Crippen molar-refractivity contribution in [1.82, 2.24) is 9.97 Å². The maximum atomic E-state index is 12.7. The lowest BCUT2D eigenvalue weighted by Crippen LogP contribution is -2.09. The van der Waals surface area contributed by atoms with Crippen LogP contribution in [-0.2, 0) is 11.8 Å². The molecular weight excluding hydrogens is 344 g/mol. The third-order valence-corrected chi connectivity index (χ3v) is 3.79. The predicted octanol–water partition coefficient (Wildman–Crippen LogP) is 6.63. The molecule has 0 amide bonds. The number of hydrogen-bond donors (Lipinski definition) is 0. The van der Waals surface area contributed by atoms with E-state index < -0.39 is 11.8 Å². The molecule has 2 heterocycles. The van der Waals surface area contributed by atoms with Gasteiger partial charge in [-0.05, 0) is 35.6 Å². The Morgan fingerprint density at radius 1 is 0.731 bits per heavy atom. The first-order valence-electron chi connectivity index (χ1n) is 8.51. The molecule has 0 aliphatic carbocycles. The topological polar surface area (TPSA) is 25.8 Å². The summed E-state index contributed by atoms with van der Waals surface area (Å²) in [4.78, 5) is 7.69. The quantitative estimate of drug-likeness (QED) is 0.564. The van der Waals surface area contributed by atoms with E-state index in [-0.39, 0.29) is 17.2 Å². The Morgan fingerprint density at radius 2 is 1.35 bits per heavy atom. The first-order valence-corrected chi connectivity index (χ1v) is 8.51. The molecule has 0 spiro atoms. The van der Waals surface area contributed by atoms with Crippen LogP contribution in [0.5, 0.6) is 0 Å². The molecule has 144 valence electrons. The summed E-state index contributed by atoms with van der Waals surface area (Å²) in [6.45, 7) is 9.68. The first-order chi connectivity index (χ1) is 11.8. The lowest BCUT2D eigenvalue weighted by molar-refractivity contribution is 0.0126. The summed E-state index contributed by atoms with van der Waals surface area (Å²) in [6, 6.07) is 6.17. The van der Waals surface area contributed by atoms with Crippen molar-refractivity contribution in [3.63, 3.8) is 0 Å². The van der Waals surface area contributed by atoms with Crippen LogP contribution in [0.25, 0.3) is 0 Å². The Labute approximate surface area is 152 Å². The second kappa shape index (κ2) is 8.60. The molecule has 0 bridgehead atoms. The van der Waals surface area contributed by atoms with Crippen LogP contribution in [-0.4, -0.2) is 9.97 Å². The van der Waals surface area contributed by atoms with Crippen LogP contribution >= 0.6 is 0 Å². The van der Waals surface area contributed by atoms with E-state index in [1.54, 1.807) is 12.1 Å². The van der Waals surface area contributed by atoms with Crippen LogP contribution in [0.15, 0.2) is 36.7 Å². The van der Waals surface area contributed by atoms with Crippen molar-refractivity contribution < 1.29 is 17.6 Å². The van der Waals surface area contributed by atoms with E-state index in [0.717, 1.165) is 25.1 Å². The van der Waals surface area contributed by atoms with Crippen molar-refractivity contribution in [2.45, 2.75) is 65.2 Å². The number of halogens is 4. The number of alkyl halides is 4. The zero-order valence-electron chi connectivity index (χ0n) is 16.0. The van der Waals surface area contributed by atoms with Gasteiger partial charge in [0.15, 0.2) is 0 Å². The highest BCUT2D eigenvalue weighted by Gasteiger charge is 2.25. The molecule has 0 aromatic carbocycles. The van der Waals surface area contributed by atoms with Gasteiger partial charge >= 0.3 is 0 Å². The second-order valence-electron chi connectivity index (χ2n) is 7.03. The minimum absolute atomic E-state index is 0.0306. The lowest BCUT2D eigenvalue weighted by Gasteiger charge is -2.11. The van der Waals surface area contributed by atoms with Gasteiger partial charge in [0, 0.05) is 37.5 Å². The lowest BCUT2D eigenvalue weighted by atomic mass is 10.1. The summed E-state index contributed by atoms with van der Waals surface area (Å²) in [5.41, 5.74) is 1.62. The van der Waals surface area contributed by atoms with Crippen LogP contribution < -0.4 is 0 Å². The number of hydrogen-bond acceptors (Lipinski definition) is 2. The fourth-order valence-electron chi connectivity index (χ4n) is 2.01. The molecule has 0 radical (unpaired) electrons. The summed E-state index contributed by atoms with van der Waals surface area (Å²) in [7, 11) is 0. The molecule has 2 rings (SSSR count). The highest BCUT2D eigenvalue weighted by Crippen LogP contribution is 2.27. The molecule has 0 atom stereocenters. The van der Waals surface area contributed by atoms with E-state index >= 15 is 0 Å². The first kappa shape index (κ1) is 22.1. The molecular formula is C20H26F4N2. The fourth-order valence-corrected chi connectivity index (χ4v) is 2.01. The normalized spacial score (nSPS) is 12.2. The molecule has 2 aromatic rings. The summed E-state index contributed by atoms with van der Waals surface area (Å²) in [5.74, 6) is -5.02. The van der Waals surface area contributed by atoms with Crippen molar-refractivity contribution in [2.24, 2.45) is 0 Å². The zero-order valence-corrected chi connectivity index (χ0v) is 16.0. The molecule has 0 saturated heterocycles. The second-order valence-corrected chi connectivity index (χ2v) is 7.03. The van der Waals surface area contributed by atoms with Crippen molar-refractivity contribution >= 4 is 0 Å². The van der Waals surface area contributed by atoms with Gasteiger partial charge in [-0.1, -0.05) is 33.8 Å². The molecule has 6 heteroatoms. The van der Waals surface area contributed by atoms with E-state index in [0.29, 0.717) is 5.92 Å². The molecule has 0 fully saturated rings. The smallest absolute Gasteiger partial charge is 0.261 e. The third kappa shape index (κ3) is 6.73. The van der Waals surface area contributed by atoms with E-state index in [4.69, 9.17) is 0 Å². The highest BCUT2D eigenvalue weighted by atomic mass is 19.3. The van der Waals surface area contributed by atoms with E-state index in [1.165, 1.54) is 24.5 Å². The minimum atomic E-state index is -2.84. The van der Waals surface area contributed by atoms with E-state index in [1.807, 2.05) is 27.7 Å². The summed E-state index contributed by atoms with van der Waals surface area (Å²) < 4.78 is 50.9. The Balaban J connectivity index is 0.000000260. The van der Waals surface area contributed by atoms with Gasteiger partial charge in [0.05, 0.1) is 0 Å². The summed E-state index contributed by atoms with van der Waals surface area (Å²) in [6.07, 6.45) is 2.76. The van der Waals surface area contributed by atoms with Crippen molar-refractivity contribution in [1.29, 1.82) is 0 Å². The average molecular weight is 370 g/mol. The fraction of sp³-hybridized carbons (Fsp3) is 0.500. The van der Waals surface area contributed by atoms with Gasteiger partial charge in [-0.3, -0.25) is 9.97 Å². The maximum absolute atomic E-state index is 12.7. The molecule has 2 nitrogen and oxygen atoms in total. The molecule has 0 unspecified atom stereocenters. The number of aromatic nitrogens is 2. The van der Waals surface area contributed by atoms with Gasteiger partial charge in [-0.25, -0.2) is 8.78 Å². The van der Waals surface area contributed by atoms with Gasteiger partial charge in [0.2, 0.25) is 0 Å². The van der Waals surface area contributed by atoms with Crippen LogP contribution in [0.2, 0.25) is 0 Å². The molecule has 2 aromatic heterocycles. The zero-order chi connectivity index (χ0) is 20.1. The van der Waals surface area contributed by atoms with Gasteiger partial charge in [0.25, 0.3) is 11.8 Å². The Hall–Kier alpha value is -1.98. The van der Waals surface area contributed by atoms with Crippen LogP contribution in [0, 0.1) is 0 Å². The SMILES string of the molecule is CC(C)c1ccc(C(C)(F)F)cn1.CC(C)c1ccc(C(C)(F)F)nc1. The van der Waals surface area contributed by atoms with Crippen molar-refractivity contribution in [3.05, 3.63) is 59.2 Å². The Bertz CT molecular complexity index is 605. The summed E-state index contributed by atoms with van der Waals surface area (Å²) >= 11 is 0. The molecule has 0 N–H and O–H groups in total. The van der Waals surface area contributed by atoms with Gasteiger partial charge < -0.3 is 0 Å². The van der Waals surface area contributed by atoms with Gasteiger partial charge in [-0.2, -0.15) is 8.78 Å². The average Bonchev–Trinajstić information content (AvgIpc) is 2.54. The molecule has 0 saturated carbocycles. The van der Waals surface area contributed by atoms with Gasteiger partial charge in [0.1, 0.15) is 5.69 Å². The van der Waals surface area contributed by atoms with Crippen LogP contribution in [0.3, 0.4) is 0 Å². The van der Waals surface area contributed by atoms with Crippen molar-refractivity contribution in [3.8, 4) is 0 Å². The predicted molar refractivity (Wildman–Crippen MR) is 95.8 cm³/mol. The number of nitrogens with zero attached hydrogens (tertiary/aromatic N) is 2. The molecule has 0 aliphatic rings. The largest absolute Gasteiger partial charge is 0.286 e. The minimum Gasteiger partial charge on any atom is -0.261 e. The third-order valence-electron chi connectivity index (χ3n) is 3.79. The number of pyridine rings is 2. The number of rotatable bonds is 4. The Morgan fingerprint density at radius 3 is 1.65 bits per heavy atom. The summed E-state index contributed by atoms with van der Waals surface area (Å²) in [5, 5.41) is 0. The molecule has 0 aliphatic heterocycles. The monoisotopic (exact) mass is 370 g/mol. The van der Waals surface area contributed by atoms with Crippen LogP contribution in [0.4, 0.5) is 17.6 Å². The highest BCUT2D eigenvalue weighted by molar-refractivity contribution is 5.20. The van der Waals surface area contributed by atoms with Crippen molar-refractivity contribution in [2.75, 3.05) is 0 Å². The molecule has 26 heavy (non-hydrogen) atoms.